The van der Waals surface area contributed by atoms with Crippen LogP contribution in [0.15, 0.2) is 46.7 Å². The van der Waals surface area contributed by atoms with Crippen molar-refractivity contribution in [2.45, 2.75) is 44.0 Å². The van der Waals surface area contributed by atoms with Gasteiger partial charge in [-0.2, -0.15) is 4.31 Å². The maximum Gasteiger partial charge on any atom is 0.243 e. The summed E-state index contributed by atoms with van der Waals surface area (Å²) in [7, 11) is -3.74. The van der Waals surface area contributed by atoms with Crippen molar-refractivity contribution < 1.29 is 18.0 Å². The number of carbonyl (C=O) groups excluding carboxylic acids is 2. The van der Waals surface area contributed by atoms with Crippen LogP contribution in [0.3, 0.4) is 0 Å². The third-order valence-corrected chi connectivity index (χ3v) is 8.97. The molecule has 2 saturated heterocycles. The van der Waals surface area contributed by atoms with E-state index in [4.69, 9.17) is 0 Å². The van der Waals surface area contributed by atoms with Gasteiger partial charge in [-0.15, -0.1) is 11.3 Å². The lowest BCUT2D eigenvalue weighted by Gasteiger charge is -2.26. The minimum absolute atomic E-state index is 0.0564. The molecule has 1 aromatic heterocycles. The molecule has 160 valence electrons. The van der Waals surface area contributed by atoms with E-state index >= 15 is 0 Å². The van der Waals surface area contributed by atoms with Crippen LogP contribution in [0.2, 0.25) is 0 Å². The predicted octanol–water partition coefficient (Wildman–Crippen LogP) is 3.63. The number of carbonyl (C=O) groups is 2. The normalized spacial score (nSPS) is 23.4. The Morgan fingerprint density at radius 2 is 1.63 bits per heavy atom. The highest BCUT2D eigenvalue weighted by molar-refractivity contribution is 7.89. The van der Waals surface area contributed by atoms with Crippen LogP contribution >= 0.6 is 11.3 Å². The second-order valence-electron chi connectivity index (χ2n) is 8.24. The number of hydrogen-bond acceptors (Lipinski definition) is 5. The summed E-state index contributed by atoms with van der Waals surface area (Å²) < 4.78 is 27.5. The Balaban J connectivity index is 1.55. The number of nitrogens with zero attached hydrogens (tertiary/aromatic N) is 2. The fourth-order valence-corrected chi connectivity index (χ4v) is 6.80. The molecular weight excluding hydrogens is 420 g/mol. The first-order valence-electron chi connectivity index (χ1n) is 10.3. The molecule has 1 unspecified atom stereocenters. The van der Waals surface area contributed by atoms with Crippen molar-refractivity contribution >= 4 is 33.2 Å². The van der Waals surface area contributed by atoms with Gasteiger partial charge in [0.05, 0.1) is 22.8 Å². The average Bonchev–Trinajstić information content (AvgIpc) is 3.45. The van der Waals surface area contributed by atoms with E-state index in [2.05, 4.69) is 0 Å². The average molecular weight is 447 g/mol. The van der Waals surface area contributed by atoms with Crippen LogP contribution in [-0.2, 0) is 19.6 Å². The fourth-order valence-electron chi connectivity index (χ4n) is 4.40. The van der Waals surface area contributed by atoms with E-state index < -0.39 is 21.9 Å². The Bertz CT molecular complexity index is 1020. The zero-order valence-corrected chi connectivity index (χ0v) is 18.9. The van der Waals surface area contributed by atoms with Crippen molar-refractivity contribution in [1.29, 1.82) is 0 Å². The summed E-state index contributed by atoms with van der Waals surface area (Å²) in [5.74, 6) is -1.40. The van der Waals surface area contributed by atoms with Gasteiger partial charge in [0, 0.05) is 18.0 Å². The van der Waals surface area contributed by atoms with Gasteiger partial charge in [0.25, 0.3) is 0 Å². The lowest BCUT2D eigenvalue weighted by atomic mass is 10.00. The van der Waals surface area contributed by atoms with Gasteiger partial charge < -0.3 is 0 Å². The van der Waals surface area contributed by atoms with Crippen molar-refractivity contribution in [1.82, 2.24) is 9.21 Å². The Morgan fingerprint density at radius 1 is 1.03 bits per heavy atom. The maximum atomic E-state index is 13.1. The Labute approximate surface area is 181 Å². The molecule has 0 N–H and O–H groups in total. The van der Waals surface area contributed by atoms with Gasteiger partial charge in [0.15, 0.2) is 0 Å². The number of hydrogen-bond donors (Lipinski definition) is 0. The molecule has 30 heavy (non-hydrogen) atoms. The number of benzene rings is 1. The summed E-state index contributed by atoms with van der Waals surface area (Å²) in [6.45, 7) is 6.17. The molecule has 0 radical (unpaired) electrons. The van der Waals surface area contributed by atoms with Crippen molar-refractivity contribution in [2.75, 3.05) is 13.1 Å². The van der Waals surface area contributed by atoms with Gasteiger partial charge in [-0.05, 0) is 41.5 Å². The molecule has 0 aliphatic carbocycles. The molecule has 0 bridgehead atoms. The quantitative estimate of drug-likeness (QED) is 0.635. The zero-order valence-electron chi connectivity index (χ0n) is 17.3. The summed E-state index contributed by atoms with van der Waals surface area (Å²) in [6, 6.07) is 10.4. The van der Waals surface area contributed by atoms with E-state index in [9.17, 15) is 18.0 Å². The highest BCUT2D eigenvalue weighted by atomic mass is 32.2. The minimum Gasteiger partial charge on any atom is -0.274 e. The highest BCUT2D eigenvalue weighted by Gasteiger charge is 2.56. The van der Waals surface area contributed by atoms with Crippen LogP contribution in [0.1, 0.15) is 49.6 Å². The van der Waals surface area contributed by atoms with Crippen molar-refractivity contribution in [3.63, 3.8) is 0 Å². The summed E-state index contributed by atoms with van der Waals surface area (Å²) in [6.07, 6.45) is 0.641. The molecule has 4 rings (SSSR count). The highest BCUT2D eigenvalue weighted by Crippen LogP contribution is 2.41. The number of fused-ring (bicyclic) bond motifs is 1. The second kappa shape index (κ2) is 7.90. The smallest absolute Gasteiger partial charge is 0.243 e. The van der Waals surface area contributed by atoms with E-state index in [0.29, 0.717) is 12.3 Å². The number of rotatable bonds is 6. The topological polar surface area (TPSA) is 74.8 Å². The first-order chi connectivity index (χ1) is 14.3. The summed E-state index contributed by atoms with van der Waals surface area (Å²) in [4.78, 5) is 28.8. The first kappa shape index (κ1) is 21.2. The summed E-state index contributed by atoms with van der Waals surface area (Å²) in [5.41, 5.74) is 1.06. The van der Waals surface area contributed by atoms with Crippen LogP contribution in [0.25, 0.3) is 0 Å². The number of likely N-dealkylation sites (tertiary alicyclic amines) is 1. The van der Waals surface area contributed by atoms with E-state index in [0.717, 1.165) is 10.4 Å². The molecule has 2 aliphatic rings. The van der Waals surface area contributed by atoms with E-state index in [1.807, 2.05) is 50.4 Å². The van der Waals surface area contributed by atoms with Gasteiger partial charge >= 0.3 is 0 Å². The molecule has 0 spiro atoms. The van der Waals surface area contributed by atoms with Gasteiger partial charge in [0.1, 0.15) is 0 Å². The Kier molecular flexibility index (Phi) is 5.59. The molecular formula is C22H26N2O4S2. The zero-order chi connectivity index (χ0) is 21.6. The van der Waals surface area contributed by atoms with Gasteiger partial charge in [0.2, 0.25) is 21.8 Å². The third kappa shape index (κ3) is 3.40. The van der Waals surface area contributed by atoms with Crippen molar-refractivity contribution in [3.8, 4) is 0 Å². The maximum absolute atomic E-state index is 13.1. The molecule has 0 saturated carbocycles. The van der Waals surface area contributed by atoms with Crippen LogP contribution < -0.4 is 0 Å². The third-order valence-electron chi connectivity index (χ3n) is 6.15. The molecule has 3 heterocycles. The summed E-state index contributed by atoms with van der Waals surface area (Å²) >= 11 is 1.53. The van der Waals surface area contributed by atoms with Crippen molar-refractivity contribution in [3.05, 3.63) is 52.2 Å². The first-order valence-corrected chi connectivity index (χ1v) is 12.6. The molecule has 1 aromatic carbocycles. The van der Waals surface area contributed by atoms with E-state index in [-0.39, 0.29) is 35.8 Å². The number of amides is 2. The van der Waals surface area contributed by atoms with Crippen LogP contribution in [0, 0.1) is 11.8 Å². The standard InChI is InChI=1S/C22H26N2O4S2/c1-4-19(20-6-5-11-29-20)24-21(25)17-12-23(13-18(17)22(24)26)30(27,28)16-9-7-15(8-10-16)14(2)3/h5-11,14,17-19H,4,12-13H2,1-3H3/t17-,18+,19?. The summed E-state index contributed by atoms with van der Waals surface area (Å²) in [5, 5.41) is 1.93. The minimum atomic E-state index is -3.74. The van der Waals surface area contributed by atoms with Gasteiger partial charge in [-0.3, -0.25) is 14.5 Å². The van der Waals surface area contributed by atoms with E-state index in [1.165, 1.54) is 20.5 Å². The largest absolute Gasteiger partial charge is 0.274 e. The lowest BCUT2D eigenvalue weighted by Crippen LogP contribution is -2.39. The van der Waals surface area contributed by atoms with Crippen LogP contribution in [0.4, 0.5) is 0 Å². The number of sulfonamides is 1. The van der Waals surface area contributed by atoms with Crippen molar-refractivity contribution in [2.24, 2.45) is 11.8 Å². The predicted molar refractivity (Wildman–Crippen MR) is 115 cm³/mol. The molecule has 2 aromatic rings. The molecule has 2 fully saturated rings. The Hall–Kier alpha value is -2.03. The van der Waals surface area contributed by atoms with Gasteiger partial charge in [-0.25, -0.2) is 8.42 Å². The van der Waals surface area contributed by atoms with Crippen LogP contribution in [0.5, 0.6) is 0 Å². The van der Waals surface area contributed by atoms with Crippen LogP contribution in [-0.4, -0.2) is 42.5 Å². The number of thiophene rings is 1. The lowest BCUT2D eigenvalue weighted by molar-refractivity contribution is -0.143. The Morgan fingerprint density at radius 3 is 2.10 bits per heavy atom. The van der Waals surface area contributed by atoms with E-state index in [1.54, 1.807) is 12.1 Å². The molecule has 2 amide bonds. The SMILES string of the molecule is CCC(c1cccs1)N1C(=O)[C@H]2CN(S(=O)(=O)c3ccc(C(C)C)cc3)C[C@H]2C1=O. The monoisotopic (exact) mass is 446 g/mol. The fraction of sp³-hybridized carbons (Fsp3) is 0.455. The molecule has 6 nitrogen and oxygen atoms in total. The molecule has 2 aliphatic heterocycles. The van der Waals surface area contributed by atoms with Gasteiger partial charge in [-0.1, -0.05) is 39.0 Å². The molecule has 3 atom stereocenters. The second-order valence-corrected chi connectivity index (χ2v) is 11.2. The molecule has 8 heteroatoms. The number of imide groups is 1.